The minimum atomic E-state index is -4.29. The second-order valence-corrected chi connectivity index (χ2v) is 17.2. The fraction of sp³-hybridized carbons (Fsp3) is 0.500. The third kappa shape index (κ3) is 8.70. The van der Waals surface area contributed by atoms with Gasteiger partial charge in [0.05, 0.1) is 31.0 Å². The van der Waals surface area contributed by atoms with E-state index in [1.165, 1.54) is 23.3 Å². The molecule has 14 nitrogen and oxygen atoms in total. The molecule has 0 bridgehead atoms. The van der Waals surface area contributed by atoms with E-state index in [9.17, 15) is 22.8 Å². The van der Waals surface area contributed by atoms with E-state index >= 15 is 0 Å². The van der Waals surface area contributed by atoms with Gasteiger partial charge in [-0.2, -0.15) is 12.7 Å². The number of pyridine rings is 1. The number of amides is 4. The van der Waals surface area contributed by atoms with Crippen LogP contribution in [0.5, 0.6) is 11.5 Å². The summed E-state index contributed by atoms with van der Waals surface area (Å²) in [5, 5.41) is 9.18. The number of urea groups is 1. The second-order valence-electron chi connectivity index (χ2n) is 14.3. The number of hydrogen-bond donors (Lipinski definition) is 3. The smallest absolute Gasteiger partial charge is 0.317 e. The first-order chi connectivity index (χ1) is 26.3. The number of fused-ring (bicyclic) bond motifs is 2. The summed E-state index contributed by atoms with van der Waals surface area (Å²) in [5.41, 5.74) is 0.351. The lowest BCUT2D eigenvalue weighted by atomic mass is 10.1. The first-order valence-corrected chi connectivity index (χ1v) is 21.0. The summed E-state index contributed by atoms with van der Waals surface area (Å²) in [6.45, 7) is 4.72. The van der Waals surface area contributed by atoms with Crippen molar-refractivity contribution in [2.45, 2.75) is 82.3 Å². The predicted octanol–water partition coefficient (Wildman–Crippen LogP) is 5.00. The molecule has 2 aliphatic heterocycles. The van der Waals surface area contributed by atoms with Crippen molar-refractivity contribution in [1.29, 1.82) is 0 Å². The molecule has 1 saturated heterocycles. The van der Waals surface area contributed by atoms with Crippen molar-refractivity contribution in [2.24, 2.45) is 5.92 Å². The van der Waals surface area contributed by atoms with Gasteiger partial charge >= 0.3 is 16.2 Å². The summed E-state index contributed by atoms with van der Waals surface area (Å²) >= 11 is 8.19. The van der Waals surface area contributed by atoms with Gasteiger partial charge in [0.1, 0.15) is 38.8 Å². The molecule has 3 aromatic rings. The number of nitrogens with one attached hydrogen (secondary N) is 3. The summed E-state index contributed by atoms with van der Waals surface area (Å²) in [6, 6.07) is 2.96. The first-order valence-electron chi connectivity index (χ1n) is 18.3. The number of halogens is 1. The highest BCUT2D eigenvalue weighted by atomic mass is 35.5. The van der Waals surface area contributed by atoms with Crippen LogP contribution >= 0.6 is 22.9 Å². The lowest BCUT2D eigenvalue weighted by molar-refractivity contribution is -0.130. The van der Waals surface area contributed by atoms with Crippen molar-refractivity contribution in [3.8, 4) is 34.5 Å². The number of benzene rings is 1. The number of terminal acetylenes is 1. The molecule has 3 N–H and O–H groups in total. The normalized spacial score (nSPS) is 24.3. The number of hydrogen-bond acceptors (Lipinski definition) is 10. The molecule has 1 aromatic carbocycles. The Balaban J connectivity index is 1.27. The fourth-order valence-electron chi connectivity index (χ4n) is 6.80. The van der Waals surface area contributed by atoms with Crippen LogP contribution < -0.4 is 24.8 Å². The van der Waals surface area contributed by atoms with Gasteiger partial charge in [0, 0.05) is 49.3 Å². The van der Waals surface area contributed by atoms with E-state index in [-0.39, 0.29) is 31.9 Å². The zero-order valence-corrected chi connectivity index (χ0v) is 33.7. The molecule has 4 heterocycles. The Morgan fingerprint density at radius 2 is 2.00 bits per heavy atom. The van der Waals surface area contributed by atoms with Crippen LogP contribution in [0.2, 0.25) is 5.02 Å². The maximum Gasteiger partial charge on any atom is 0.317 e. The molecule has 17 heteroatoms. The van der Waals surface area contributed by atoms with Gasteiger partial charge in [-0.05, 0) is 56.6 Å². The minimum absolute atomic E-state index is 0.00265. The van der Waals surface area contributed by atoms with Crippen molar-refractivity contribution in [1.82, 2.24) is 34.5 Å². The molecule has 0 unspecified atom stereocenters. The number of methoxy groups -OCH3 is 1. The van der Waals surface area contributed by atoms with Crippen LogP contribution in [-0.2, 0) is 19.8 Å². The van der Waals surface area contributed by atoms with Crippen LogP contribution in [0.4, 0.5) is 4.79 Å². The topological polar surface area (TPSA) is 172 Å². The van der Waals surface area contributed by atoms with Gasteiger partial charge in [-0.15, -0.1) is 17.8 Å². The van der Waals surface area contributed by atoms with Crippen molar-refractivity contribution < 1.29 is 32.3 Å². The van der Waals surface area contributed by atoms with Crippen LogP contribution in [0.3, 0.4) is 0 Å². The van der Waals surface area contributed by atoms with Gasteiger partial charge in [-0.25, -0.2) is 19.5 Å². The zero-order valence-electron chi connectivity index (χ0n) is 31.3. The molecule has 1 aliphatic carbocycles. The average Bonchev–Trinajstić information content (AvgIpc) is 3.48. The quantitative estimate of drug-likeness (QED) is 0.188. The number of rotatable bonds is 10. The van der Waals surface area contributed by atoms with E-state index in [1.54, 1.807) is 25.2 Å². The van der Waals surface area contributed by atoms with Crippen molar-refractivity contribution in [2.75, 3.05) is 33.9 Å². The molecule has 0 spiro atoms. The highest BCUT2D eigenvalue weighted by Gasteiger charge is 2.61. The Kier molecular flexibility index (Phi) is 12.3. The van der Waals surface area contributed by atoms with Crippen LogP contribution in [0.15, 0.2) is 35.7 Å². The molecule has 294 valence electrons. The highest BCUT2D eigenvalue weighted by molar-refractivity contribution is 7.87. The van der Waals surface area contributed by atoms with Gasteiger partial charge in [0.2, 0.25) is 5.91 Å². The van der Waals surface area contributed by atoms with Crippen molar-refractivity contribution in [3.05, 3.63) is 46.4 Å². The van der Waals surface area contributed by atoms with Gasteiger partial charge in [-0.3, -0.25) is 9.59 Å². The summed E-state index contributed by atoms with van der Waals surface area (Å²) < 4.78 is 41.8. The van der Waals surface area contributed by atoms with E-state index in [1.807, 2.05) is 17.5 Å². The monoisotopic (exact) mass is 811 g/mol. The summed E-state index contributed by atoms with van der Waals surface area (Å²) in [7, 11) is -1.13. The Labute approximate surface area is 330 Å². The maximum absolute atomic E-state index is 14.1. The van der Waals surface area contributed by atoms with Crippen LogP contribution in [0, 0.1) is 18.3 Å². The molecule has 2 aromatic heterocycles. The van der Waals surface area contributed by atoms with Gasteiger partial charge in [0.25, 0.3) is 5.91 Å². The van der Waals surface area contributed by atoms with Crippen LogP contribution in [-0.4, -0.2) is 96.9 Å². The summed E-state index contributed by atoms with van der Waals surface area (Å²) in [6.07, 6.45) is 12.8. The number of nitrogens with zero attached hydrogens (tertiary/aromatic N) is 4. The Morgan fingerprint density at radius 3 is 2.73 bits per heavy atom. The lowest BCUT2D eigenvalue weighted by Gasteiger charge is -2.27. The highest BCUT2D eigenvalue weighted by Crippen LogP contribution is 2.46. The number of carbonyl (C=O) groups is 3. The zero-order chi connectivity index (χ0) is 39.5. The number of aromatic nitrogens is 2. The molecule has 4 atom stereocenters. The molecule has 4 amide bonds. The molecule has 3 aliphatic rings. The standard InChI is InChI=1S/C38H46ClN7O7S2/c1-6-25-13-11-18-46(25)55(50,51)44-36(48)38-21-24(38)12-9-7-8-10-17-45(4)37(49)42-27(34(47)43-38)16-19-53-31-20-28(35-41-29(22-54-35)23(2)3)40-33-26(31)14-15-30(52-5)32(33)39/h1,9,12,14-15,20,22-25,27H,7-8,10-11,13,16-19,21H2,2-5H3,(H,42,49)(H,43,47)(H,44,48)/b12-9-/t24-,25-,27+,38-/m1/s1. The number of allylic oxidation sites excluding steroid dienone is 1. The molecular formula is C38H46ClN7O7S2. The van der Waals surface area contributed by atoms with Crippen molar-refractivity contribution in [3.63, 3.8) is 0 Å². The van der Waals surface area contributed by atoms with E-state index in [0.717, 1.165) is 22.8 Å². The number of thiazole rings is 1. The molecule has 1 saturated carbocycles. The Bertz CT molecular complexity index is 2140. The van der Waals surface area contributed by atoms with Gasteiger partial charge in [-0.1, -0.05) is 43.5 Å². The third-order valence-corrected chi connectivity index (χ3v) is 12.9. The van der Waals surface area contributed by atoms with Gasteiger partial charge < -0.3 is 25.0 Å². The minimum Gasteiger partial charge on any atom is -0.495 e. The fourth-order valence-corrected chi connectivity index (χ4v) is 9.43. The van der Waals surface area contributed by atoms with Crippen LogP contribution in [0.1, 0.15) is 70.4 Å². The molecule has 6 rings (SSSR count). The molecule has 0 radical (unpaired) electrons. The molecule has 55 heavy (non-hydrogen) atoms. The summed E-state index contributed by atoms with van der Waals surface area (Å²) in [4.78, 5) is 52.4. The molecule has 2 fully saturated rings. The lowest BCUT2D eigenvalue weighted by Crippen LogP contribution is -2.59. The first kappa shape index (κ1) is 40.2. The largest absolute Gasteiger partial charge is 0.495 e. The number of ether oxygens (including phenoxy) is 2. The second kappa shape index (κ2) is 16.7. The summed E-state index contributed by atoms with van der Waals surface area (Å²) in [5.74, 6) is 1.57. The van der Waals surface area contributed by atoms with E-state index < -0.39 is 51.6 Å². The van der Waals surface area contributed by atoms with Gasteiger partial charge in [0.15, 0.2) is 0 Å². The average molecular weight is 812 g/mol. The van der Waals surface area contributed by atoms with Crippen LogP contribution in [0.25, 0.3) is 21.6 Å². The van der Waals surface area contributed by atoms with E-state index in [4.69, 9.17) is 37.5 Å². The van der Waals surface area contributed by atoms with E-state index in [0.29, 0.717) is 63.9 Å². The molecular weight excluding hydrogens is 766 g/mol. The predicted molar refractivity (Wildman–Crippen MR) is 211 cm³/mol. The van der Waals surface area contributed by atoms with Crippen molar-refractivity contribution >= 4 is 61.9 Å². The number of carbonyl (C=O) groups excluding carboxylic acids is 3. The van der Waals surface area contributed by atoms with E-state index in [2.05, 4.69) is 35.1 Å². The maximum atomic E-state index is 14.1. The Morgan fingerprint density at radius 1 is 1.20 bits per heavy atom. The Hall–Kier alpha value is -4.43. The third-order valence-electron chi connectivity index (χ3n) is 10.2. The SMILES string of the molecule is C#C[C@@H]1CCCN1S(=O)(=O)NC(=O)[C@@]12C[C@H]1/C=C\CCCCN(C)C(=O)N[C@@H](CCOc1cc(-c3nc(C(C)C)cs3)nc3c(Cl)c(OC)ccc13)C(=O)N2.